The standard InChI is InChI=1S/C20H22N4O3S2/c1-2-14-6-7-15(20(25)24-10-4-3-5-11-24)17(12-14)23-29(26,27)19-16-13-22-28-18(16)8-9-21-19/h6-9,12-13,23H,2-5,10-11H2,1H3. The summed E-state index contributed by atoms with van der Waals surface area (Å²) in [6.07, 6.45) is 6.74. The molecule has 0 bridgehead atoms. The number of nitrogens with zero attached hydrogens (tertiary/aromatic N) is 3. The van der Waals surface area contributed by atoms with Crippen molar-refractivity contribution in [3.05, 3.63) is 47.8 Å². The third-order valence-corrected chi connectivity index (χ3v) is 7.20. The molecule has 0 atom stereocenters. The number of piperidine rings is 1. The molecule has 1 aromatic carbocycles. The van der Waals surface area contributed by atoms with Crippen LogP contribution in [-0.2, 0) is 16.4 Å². The van der Waals surface area contributed by atoms with E-state index >= 15 is 0 Å². The van der Waals surface area contributed by atoms with Crippen molar-refractivity contribution in [1.29, 1.82) is 0 Å². The second kappa shape index (κ2) is 8.08. The molecule has 1 N–H and O–H groups in total. The molecule has 0 aliphatic carbocycles. The molecular formula is C20H22N4O3S2. The molecule has 3 aromatic rings. The number of sulfonamides is 1. The average Bonchev–Trinajstić information content (AvgIpc) is 3.22. The molecule has 1 amide bonds. The minimum atomic E-state index is -3.99. The highest BCUT2D eigenvalue weighted by molar-refractivity contribution is 7.92. The number of carbonyl (C=O) groups excluding carboxylic acids is 1. The van der Waals surface area contributed by atoms with Gasteiger partial charge in [-0.05, 0) is 61.0 Å². The van der Waals surface area contributed by atoms with Crippen LogP contribution in [0.1, 0.15) is 42.1 Å². The largest absolute Gasteiger partial charge is 0.339 e. The van der Waals surface area contributed by atoms with Gasteiger partial charge >= 0.3 is 0 Å². The lowest BCUT2D eigenvalue weighted by molar-refractivity contribution is 0.0725. The summed E-state index contributed by atoms with van der Waals surface area (Å²) in [5.41, 5.74) is 1.60. The Labute approximate surface area is 174 Å². The lowest BCUT2D eigenvalue weighted by atomic mass is 10.0. The Hall–Kier alpha value is -2.52. The first-order chi connectivity index (χ1) is 14.0. The third kappa shape index (κ3) is 3.97. The van der Waals surface area contributed by atoms with E-state index in [9.17, 15) is 13.2 Å². The summed E-state index contributed by atoms with van der Waals surface area (Å²) < 4.78 is 33.7. The molecule has 29 heavy (non-hydrogen) atoms. The molecule has 152 valence electrons. The molecule has 1 saturated heterocycles. The van der Waals surface area contributed by atoms with Crippen molar-refractivity contribution >= 4 is 43.2 Å². The number of nitrogens with one attached hydrogen (secondary N) is 1. The van der Waals surface area contributed by atoms with Gasteiger partial charge in [0.2, 0.25) is 0 Å². The summed E-state index contributed by atoms with van der Waals surface area (Å²) in [5.74, 6) is -0.145. The highest BCUT2D eigenvalue weighted by Crippen LogP contribution is 2.28. The van der Waals surface area contributed by atoms with E-state index in [0.717, 1.165) is 35.9 Å². The van der Waals surface area contributed by atoms with E-state index in [1.165, 1.54) is 23.9 Å². The van der Waals surface area contributed by atoms with Crippen molar-refractivity contribution in [1.82, 2.24) is 14.3 Å². The maximum Gasteiger partial charge on any atom is 0.280 e. The van der Waals surface area contributed by atoms with Crippen molar-refractivity contribution in [3.63, 3.8) is 0 Å². The Bertz CT molecular complexity index is 1150. The summed E-state index contributed by atoms with van der Waals surface area (Å²) in [6.45, 7) is 3.38. The van der Waals surface area contributed by atoms with Gasteiger partial charge in [-0.25, -0.2) is 4.98 Å². The van der Waals surface area contributed by atoms with Gasteiger partial charge in [0.1, 0.15) is 0 Å². The zero-order chi connectivity index (χ0) is 20.4. The maximum absolute atomic E-state index is 13.1. The van der Waals surface area contributed by atoms with E-state index < -0.39 is 10.0 Å². The molecule has 1 aliphatic heterocycles. The normalized spacial score (nSPS) is 14.9. The van der Waals surface area contributed by atoms with Gasteiger partial charge in [0.15, 0.2) is 5.03 Å². The smallest absolute Gasteiger partial charge is 0.280 e. The van der Waals surface area contributed by atoms with Crippen LogP contribution in [-0.4, -0.2) is 41.7 Å². The minimum Gasteiger partial charge on any atom is -0.339 e. The van der Waals surface area contributed by atoms with Crippen LogP contribution in [0.25, 0.3) is 10.1 Å². The van der Waals surface area contributed by atoms with Crippen molar-refractivity contribution in [2.45, 2.75) is 37.6 Å². The molecule has 3 heterocycles. The van der Waals surface area contributed by atoms with Crippen molar-refractivity contribution in [2.24, 2.45) is 0 Å². The first kappa shape index (κ1) is 19.8. The second-order valence-electron chi connectivity index (χ2n) is 7.05. The molecule has 4 rings (SSSR count). The number of rotatable bonds is 5. The molecule has 1 aliphatic rings. The van der Waals surface area contributed by atoms with Crippen molar-refractivity contribution < 1.29 is 13.2 Å². The molecule has 0 radical (unpaired) electrons. The molecule has 1 fully saturated rings. The number of hydrogen-bond donors (Lipinski definition) is 1. The zero-order valence-electron chi connectivity index (χ0n) is 16.1. The molecule has 2 aromatic heterocycles. The number of aryl methyl sites for hydroxylation is 1. The Morgan fingerprint density at radius 1 is 1.21 bits per heavy atom. The zero-order valence-corrected chi connectivity index (χ0v) is 17.7. The summed E-state index contributed by atoms with van der Waals surface area (Å²) in [4.78, 5) is 19.0. The van der Waals surface area contributed by atoms with Crippen molar-refractivity contribution in [3.8, 4) is 0 Å². The molecular weight excluding hydrogens is 408 g/mol. The van der Waals surface area contributed by atoms with Crippen LogP contribution >= 0.6 is 11.5 Å². The van der Waals surface area contributed by atoms with Crippen LogP contribution < -0.4 is 4.72 Å². The van der Waals surface area contributed by atoms with Crippen LogP contribution in [0.3, 0.4) is 0 Å². The fraction of sp³-hybridized carbons (Fsp3) is 0.350. The number of likely N-dealkylation sites (tertiary alicyclic amines) is 1. The molecule has 0 unspecified atom stereocenters. The molecule has 0 saturated carbocycles. The van der Waals surface area contributed by atoms with Gasteiger partial charge < -0.3 is 4.90 Å². The fourth-order valence-corrected chi connectivity index (χ4v) is 5.44. The van der Waals surface area contributed by atoms with Gasteiger partial charge in [0.05, 0.1) is 27.5 Å². The van der Waals surface area contributed by atoms with Gasteiger partial charge in [0, 0.05) is 19.3 Å². The number of amides is 1. The van der Waals surface area contributed by atoms with E-state index in [-0.39, 0.29) is 10.9 Å². The van der Waals surface area contributed by atoms with Gasteiger partial charge in [-0.15, -0.1) is 0 Å². The van der Waals surface area contributed by atoms with Crippen LogP contribution in [0.4, 0.5) is 5.69 Å². The number of aromatic nitrogens is 2. The topological polar surface area (TPSA) is 92.3 Å². The summed E-state index contributed by atoms with van der Waals surface area (Å²) in [5, 5.41) is 0.391. The Morgan fingerprint density at radius 2 is 2.00 bits per heavy atom. The van der Waals surface area contributed by atoms with Crippen LogP contribution in [0.15, 0.2) is 41.7 Å². The van der Waals surface area contributed by atoms with Crippen LogP contribution in [0.2, 0.25) is 0 Å². The molecule has 9 heteroatoms. The third-order valence-electron chi connectivity index (χ3n) is 5.11. The van der Waals surface area contributed by atoms with Crippen LogP contribution in [0, 0.1) is 0 Å². The number of carbonyl (C=O) groups is 1. The first-order valence-corrected chi connectivity index (χ1v) is 11.9. The van der Waals surface area contributed by atoms with Gasteiger partial charge in [-0.2, -0.15) is 12.8 Å². The predicted molar refractivity (Wildman–Crippen MR) is 114 cm³/mol. The molecule has 7 nitrogen and oxygen atoms in total. The van der Waals surface area contributed by atoms with E-state index in [4.69, 9.17) is 0 Å². The van der Waals surface area contributed by atoms with Gasteiger partial charge in [-0.1, -0.05) is 13.0 Å². The van der Waals surface area contributed by atoms with Crippen LogP contribution in [0.5, 0.6) is 0 Å². The first-order valence-electron chi connectivity index (χ1n) is 9.64. The number of anilines is 1. The highest BCUT2D eigenvalue weighted by Gasteiger charge is 2.25. The number of hydrogen-bond acceptors (Lipinski definition) is 6. The maximum atomic E-state index is 13.1. The van der Waals surface area contributed by atoms with Crippen molar-refractivity contribution in [2.75, 3.05) is 17.8 Å². The van der Waals surface area contributed by atoms with Gasteiger partial charge in [-0.3, -0.25) is 9.52 Å². The lowest BCUT2D eigenvalue weighted by Crippen LogP contribution is -2.36. The Kier molecular flexibility index (Phi) is 5.51. The average molecular weight is 431 g/mol. The van der Waals surface area contributed by atoms with E-state index in [1.54, 1.807) is 23.1 Å². The predicted octanol–water partition coefficient (Wildman–Crippen LogP) is 3.68. The van der Waals surface area contributed by atoms with E-state index in [1.807, 2.05) is 13.0 Å². The Balaban J connectivity index is 1.73. The molecule has 0 spiro atoms. The number of fused-ring (bicyclic) bond motifs is 1. The monoisotopic (exact) mass is 430 g/mol. The highest BCUT2D eigenvalue weighted by atomic mass is 32.2. The minimum absolute atomic E-state index is 0.0815. The van der Waals surface area contributed by atoms with Gasteiger partial charge in [0.25, 0.3) is 15.9 Å². The number of pyridine rings is 1. The second-order valence-corrected chi connectivity index (χ2v) is 9.48. The Morgan fingerprint density at radius 3 is 2.76 bits per heavy atom. The fourth-order valence-electron chi connectivity index (χ4n) is 3.53. The number of benzene rings is 1. The van der Waals surface area contributed by atoms with E-state index in [0.29, 0.717) is 29.7 Å². The van der Waals surface area contributed by atoms with E-state index in [2.05, 4.69) is 14.1 Å². The summed E-state index contributed by atoms with van der Waals surface area (Å²) in [7, 11) is -3.99. The summed E-state index contributed by atoms with van der Waals surface area (Å²) >= 11 is 1.21. The summed E-state index contributed by atoms with van der Waals surface area (Å²) in [6, 6.07) is 7.06. The lowest BCUT2D eigenvalue weighted by Gasteiger charge is -2.27. The quantitative estimate of drug-likeness (QED) is 0.667. The SMILES string of the molecule is CCc1ccc(C(=O)N2CCCCC2)c(NS(=O)(=O)c2nccc3sncc23)c1.